The largest absolute Gasteiger partial charge is 0.354 e. The summed E-state index contributed by atoms with van der Waals surface area (Å²) in [6, 6.07) is 10.6. The number of hydrogen-bond donors (Lipinski definition) is 1. The van der Waals surface area contributed by atoms with E-state index in [4.69, 9.17) is 0 Å². The van der Waals surface area contributed by atoms with Crippen molar-refractivity contribution in [3.8, 4) is 0 Å². The fourth-order valence-corrected chi connectivity index (χ4v) is 3.93. The standard InChI is InChI=1S/C20H24N4O/c25-19(13-24-10-7-16-11-21-15-23-18(16)12-24)22-14-20(8-4-9-20)17-5-2-1-3-6-17/h1-3,5-6,11,15H,4,7-10,12-14H2,(H,22,25). The van der Waals surface area contributed by atoms with E-state index >= 15 is 0 Å². The minimum absolute atomic E-state index is 0.111. The van der Waals surface area contributed by atoms with Crippen molar-refractivity contribution in [3.63, 3.8) is 0 Å². The summed E-state index contributed by atoms with van der Waals surface area (Å²) in [5.41, 5.74) is 3.74. The van der Waals surface area contributed by atoms with Crippen LogP contribution < -0.4 is 5.32 Å². The highest BCUT2D eigenvalue weighted by Crippen LogP contribution is 2.43. The van der Waals surface area contributed by atoms with Crippen LogP contribution in [0.25, 0.3) is 0 Å². The van der Waals surface area contributed by atoms with Gasteiger partial charge in [0, 0.05) is 31.2 Å². The third-order valence-corrected chi connectivity index (χ3v) is 5.64. The van der Waals surface area contributed by atoms with Crippen molar-refractivity contribution < 1.29 is 4.79 Å². The lowest BCUT2D eigenvalue weighted by Crippen LogP contribution is -2.48. The van der Waals surface area contributed by atoms with Gasteiger partial charge in [0.05, 0.1) is 12.2 Å². The Hall–Kier alpha value is -2.27. The van der Waals surface area contributed by atoms with Gasteiger partial charge >= 0.3 is 0 Å². The Bertz CT molecular complexity index is 742. The maximum atomic E-state index is 12.5. The first-order valence-corrected chi connectivity index (χ1v) is 9.08. The number of fused-ring (bicyclic) bond motifs is 1. The van der Waals surface area contributed by atoms with Crippen LogP contribution in [-0.2, 0) is 23.2 Å². The van der Waals surface area contributed by atoms with E-state index in [1.165, 1.54) is 17.5 Å². The Morgan fingerprint density at radius 2 is 2.08 bits per heavy atom. The van der Waals surface area contributed by atoms with Crippen LogP contribution in [0, 0.1) is 0 Å². The summed E-state index contributed by atoms with van der Waals surface area (Å²) in [5.74, 6) is 0.111. The first kappa shape index (κ1) is 16.2. The molecule has 25 heavy (non-hydrogen) atoms. The van der Waals surface area contributed by atoms with Crippen molar-refractivity contribution >= 4 is 5.91 Å². The molecule has 0 radical (unpaired) electrons. The molecule has 1 aliphatic heterocycles. The topological polar surface area (TPSA) is 58.1 Å². The molecule has 1 saturated carbocycles. The van der Waals surface area contributed by atoms with E-state index in [9.17, 15) is 4.79 Å². The molecule has 2 aliphatic rings. The molecule has 5 nitrogen and oxygen atoms in total. The number of amides is 1. The minimum Gasteiger partial charge on any atom is -0.354 e. The summed E-state index contributed by atoms with van der Waals surface area (Å²) in [6.45, 7) is 2.80. The molecular weight excluding hydrogens is 312 g/mol. The second kappa shape index (κ2) is 6.92. The first-order chi connectivity index (χ1) is 12.3. The van der Waals surface area contributed by atoms with Crippen molar-refractivity contribution in [2.24, 2.45) is 0 Å². The molecule has 1 N–H and O–H groups in total. The number of aromatic nitrogens is 2. The fraction of sp³-hybridized carbons (Fsp3) is 0.450. The van der Waals surface area contributed by atoms with Crippen LogP contribution >= 0.6 is 0 Å². The molecule has 1 fully saturated rings. The van der Waals surface area contributed by atoms with E-state index in [-0.39, 0.29) is 11.3 Å². The molecular formula is C20H24N4O. The van der Waals surface area contributed by atoms with Crippen molar-refractivity contribution in [3.05, 3.63) is 59.7 Å². The summed E-state index contributed by atoms with van der Waals surface area (Å²) in [5, 5.41) is 3.18. The van der Waals surface area contributed by atoms with E-state index in [2.05, 4.69) is 44.5 Å². The number of carbonyl (C=O) groups is 1. The van der Waals surface area contributed by atoms with E-state index in [1.807, 2.05) is 12.3 Å². The second-order valence-electron chi connectivity index (χ2n) is 7.23. The van der Waals surface area contributed by atoms with Gasteiger partial charge in [-0.3, -0.25) is 9.69 Å². The molecule has 1 aromatic heterocycles. The van der Waals surface area contributed by atoms with Gasteiger partial charge in [-0.1, -0.05) is 36.8 Å². The van der Waals surface area contributed by atoms with Gasteiger partial charge in [-0.05, 0) is 30.4 Å². The summed E-state index contributed by atoms with van der Waals surface area (Å²) in [6.07, 6.45) is 7.95. The van der Waals surface area contributed by atoms with Crippen molar-refractivity contribution in [1.29, 1.82) is 0 Å². The van der Waals surface area contributed by atoms with Crippen LogP contribution in [0.5, 0.6) is 0 Å². The molecule has 0 spiro atoms. The lowest BCUT2D eigenvalue weighted by molar-refractivity contribution is -0.122. The number of hydrogen-bond acceptors (Lipinski definition) is 4. The summed E-state index contributed by atoms with van der Waals surface area (Å²) in [4.78, 5) is 23.0. The monoisotopic (exact) mass is 336 g/mol. The zero-order valence-electron chi connectivity index (χ0n) is 14.4. The summed E-state index contributed by atoms with van der Waals surface area (Å²) >= 11 is 0. The molecule has 2 aromatic rings. The molecule has 2 heterocycles. The molecule has 5 heteroatoms. The SMILES string of the molecule is O=C(CN1CCc2cncnc2C1)NCC1(c2ccccc2)CCC1. The Kier molecular flexibility index (Phi) is 4.49. The van der Waals surface area contributed by atoms with Gasteiger partial charge in [0.15, 0.2) is 0 Å². The van der Waals surface area contributed by atoms with Gasteiger partial charge in [0.2, 0.25) is 5.91 Å². The Morgan fingerprint density at radius 3 is 2.84 bits per heavy atom. The Balaban J connectivity index is 1.33. The van der Waals surface area contributed by atoms with Crippen LogP contribution in [0.4, 0.5) is 0 Å². The molecule has 0 bridgehead atoms. The maximum Gasteiger partial charge on any atom is 0.234 e. The predicted molar refractivity (Wildman–Crippen MR) is 96.0 cm³/mol. The van der Waals surface area contributed by atoms with Gasteiger partial charge in [-0.2, -0.15) is 0 Å². The molecule has 1 aromatic carbocycles. The molecule has 0 atom stereocenters. The number of benzene rings is 1. The third kappa shape index (κ3) is 3.42. The molecule has 1 amide bonds. The summed E-state index contributed by atoms with van der Waals surface area (Å²) in [7, 11) is 0. The predicted octanol–water partition coefficient (Wildman–Crippen LogP) is 2.07. The smallest absolute Gasteiger partial charge is 0.234 e. The van der Waals surface area contributed by atoms with Crippen LogP contribution in [0.1, 0.15) is 36.1 Å². The number of carbonyl (C=O) groups excluding carboxylic acids is 1. The van der Waals surface area contributed by atoms with Crippen LogP contribution in [0.2, 0.25) is 0 Å². The average molecular weight is 336 g/mol. The number of rotatable bonds is 5. The van der Waals surface area contributed by atoms with E-state index in [0.29, 0.717) is 6.54 Å². The molecule has 0 saturated heterocycles. The van der Waals surface area contributed by atoms with E-state index in [1.54, 1.807) is 6.33 Å². The second-order valence-corrected chi connectivity index (χ2v) is 7.23. The maximum absolute atomic E-state index is 12.5. The zero-order valence-corrected chi connectivity index (χ0v) is 14.4. The number of nitrogens with one attached hydrogen (secondary N) is 1. The van der Waals surface area contributed by atoms with Gasteiger partial charge < -0.3 is 5.32 Å². The van der Waals surface area contributed by atoms with Gasteiger partial charge in [0.1, 0.15) is 6.33 Å². The van der Waals surface area contributed by atoms with E-state index < -0.39 is 0 Å². The average Bonchev–Trinajstić information content (AvgIpc) is 2.62. The normalized spacial score (nSPS) is 18.9. The van der Waals surface area contributed by atoms with Crippen LogP contribution in [0.3, 0.4) is 0 Å². The quantitative estimate of drug-likeness (QED) is 0.908. The van der Waals surface area contributed by atoms with Gasteiger partial charge in [-0.25, -0.2) is 9.97 Å². The molecule has 130 valence electrons. The van der Waals surface area contributed by atoms with E-state index in [0.717, 1.165) is 44.6 Å². The molecule has 4 rings (SSSR count). The minimum atomic E-state index is 0.111. The fourth-order valence-electron chi connectivity index (χ4n) is 3.93. The van der Waals surface area contributed by atoms with Gasteiger partial charge in [0.25, 0.3) is 0 Å². The molecule has 1 aliphatic carbocycles. The van der Waals surface area contributed by atoms with Gasteiger partial charge in [-0.15, -0.1) is 0 Å². The lowest BCUT2D eigenvalue weighted by atomic mass is 9.64. The molecule has 0 unspecified atom stereocenters. The lowest BCUT2D eigenvalue weighted by Gasteiger charge is -2.42. The number of nitrogens with zero attached hydrogens (tertiary/aromatic N) is 3. The highest BCUT2D eigenvalue weighted by molar-refractivity contribution is 5.78. The zero-order chi connectivity index (χ0) is 17.1. The Morgan fingerprint density at radius 1 is 1.24 bits per heavy atom. The van der Waals surface area contributed by atoms with Crippen molar-refractivity contribution in [1.82, 2.24) is 20.2 Å². The summed E-state index contributed by atoms with van der Waals surface area (Å²) < 4.78 is 0. The Labute approximate surface area is 148 Å². The van der Waals surface area contributed by atoms with Crippen molar-refractivity contribution in [2.45, 2.75) is 37.6 Å². The highest BCUT2D eigenvalue weighted by atomic mass is 16.2. The van der Waals surface area contributed by atoms with Crippen LogP contribution in [0.15, 0.2) is 42.9 Å². The first-order valence-electron chi connectivity index (χ1n) is 9.08. The third-order valence-electron chi connectivity index (χ3n) is 5.64. The van der Waals surface area contributed by atoms with Crippen LogP contribution in [-0.4, -0.2) is 40.4 Å². The van der Waals surface area contributed by atoms with Crippen molar-refractivity contribution in [2.75, 3.05) is 19.6 Å². The highest BCUT2D eigenvalue weighted by Gasteiger charge is 2.38.